The molecule has 0 fully saturated rings. The number of hydrogen-bond donors (Lipinski definition) is 1. The zero-order chi connectivity index (χ0) is 22.1. The predicted molar refractivity (Wildman–Crippen MR) is 112 cm³/mol. The highest BCUT2D eigenvalue weighted by Crippen LogP contribution is 2.49. The second-order valence-electron chi connectivity index (χ2n) is 8.04. The summed E-state index contributed by atoms with van der Waals surface area (Å²) in [5.41, 5.74) is -0.565. The van der Waals surface area contributed by atoms with Crippen LogP contribution in [0.2, 0.25) is 0 Å². The molecule has 162 valence electrons. The Kier molecular flexibility index (Phi) is 6.29. The first-order chi connectivity index (χ1) is 14.1. The van der Waals surface area contributed by atoms with Crippen LogP contribution in [0.3, 0.4) is 0 Å². The molecule has 0 radical (unpaired) electrons. The van der Waals surface area contributed by atoms with Crippen molar-refractivity contribution in [2.24, 2.45) is 5.41 Å². The SMILES string of the molecule is CCCC[C@]1(CC)CS(=O)(=O)c2ccc(F)cc2[C@H](c2cccc([N+](=O)[O-])c2)[C@@H]1O. The smallest absolute Gasteiger partial charge is 0.269 e. The highest BCUT2D eigenvalue weighted by molar-refractivity contribution is 7.91. The van der Waals surface area contributed by atoms with E-state index in [2.05, 4.69) is 0 Å². The van der Waals surface area contributed by atoms with Gasteiger partial charge >= 0.3 is 0 Å². The van der Waals surface area contributed by atoms with E-state index in [0.29, 0.717) is 18.4 Å². The standard InChI is InChI=1S/C22H26FNO5S/c1-3-5-11-22(4-2)14-30(28,29)19-10-9-16(23)13-18(19)20(21(22)25)15-7-6-8-17(12-15)24(26)27/h6-10,12-13,20-21,25H,3-5,11,14H2,1-2H3/t20-,21-,22+/m0/s1. The monoisotopic (exact) mass is 435 g/mol. The topological polar surface area (TPSA) is 97.5 Å². The number of aliphatic hydroxyl groups excluding tert-OH is 1. The van der Waals surface area contributed by atoms with Crippen molar-refractivity contribution >= 4 is 15.5 Å². The fourth-order valence-electron chi connectivity index (χ4n) is 4.54. The van der Waals surface area contributed by atoms with Crippen molar-refractivity contribution in [2.45, 2.75) is 56.4 Å². The third-order valence-corrected chi connectivity index (χ3v) is 8.23. The number of fused-ring (bicyclic) bond motifs is 1. The minimum absolute atomic E-state index is 0.0220. The van der Waals surface area contributed by atoms with Gasteiger partial charge in [0, 0.05) is 23.5 Å². The summed E-state index contributed by atoms with van der Waals surface area (Å²) in [6.45, 7) is 3.83. The maximum Gasteiger partial charge on any atom is 0.269 e. The Bertz CT molecular complexity index is 1060. The van der Waals surface area contributed by atoms with Gasteiger partial charge in [-0.05, 0) is 42.2 Å². The molecule has 8 heteroatoms. The Balaban J connectivity index is 2.31. The minimum atomic E-state index is -3.81. The Morgan fingerprint density at radius 1 is 1.23 bits per heavy atom. The molecule has 0 unspecified atom stereocenters. The molecular formula is C22H26FNO5S. The summed E-state index contributed by atoms with van der Waals surface area (Å²) >= 11 is 0. The normalized spacial score (nSPS) is 25.3. The number of hydrogen-bond acceptors (Lipinski definition) is 5. The zero-order valence-electron chi connectivity index (χ0n) is 17.0. The molecule has 6 nitrogen and oxygen atoms in total. The van der Waals surface area contributed by atoms with Gasteiger partial charge in [-0.15, -0.1) is 0 Å². The summed E-state index contributed by atoms with van der Waals surface area (Å²) in [5.74, 6) is -1.77. The lowest BCUT2D eigenvalue weighted by Gasteiger charge is -2.39. The zero-order valence-corrected chi connectivity index (χ0v) is 17.9. The van der Waals surface area contributed by atoms with Gasteiger partial charge in [0.25, 0.3) is 5.69 Å². The molecule has 1 heterocycles. The third-order valence-electron chi connectivity index (χ3n) is 6.24. The van der Waals surface area contributed by atoms with Gasteiger partial charge in [-0.2, -0.15) is 0 Å². The van der Waals surface area contributed by atoms with E-state index in [0.717, 1.165) is 25.0 Å². The number of halogens is 1. The Labute approximate surface area is 175 Å². The minimum Gasteiger partial charge on any atom is -0.392 e. The fourth-order valence-corrected chi connectivity index (χ4v) is 6.79. The van der Waals surface area contributed by atoms with Crippen molar-refractivity contribution in [3.8, 4) is 0 Å². The number of non-ortho nitro benzene ring substituents is 1. The van der Waals surface area contributed by atoms with Crippen LogP contribution in [0.5, 0.6) is 0 Å². The van der Waals surface area contributed by atoms with Gasteiger partial charge in [0.2, 0.25) is 0 Å². The van der Waals surface area contributed by atoms with Crippen LogP contribution < -0.4 is 0 Å². The highest BCUT2D eigenvalue weighted by atomic mass is 32.2. The molecule has 0 bridgehead atoms. The summed E-state index contributed by atoms with van der Waals surface area (Å²) in [7, 11) is -3.81. The van der Waals surface area contributed by atoms with Gasteiger partial charge in [-0.3, -0.25) is 10.1 Å². The average Bonchev–Trinajstić information content (AvgIpc) is 2.77. The number of benzene rings is 2. The van der Waals surface area contributed by atoms with E-state index >= 15 is 0 Å². The largest absolute Gasteiger partial charge is 0.392 e. The third kappa shape index (κ3) is 3.98. The van der Waals surface area contributed by atoms with Crippen LogP contribution in [0.1, 0.15) is 56.6 Å². The lowest BCUT2D eigenvalue weighted by atomic mass is 9.69. The van der Waals surface area contributed by atoms with Crippen molar-refractivity contribution in [3.05, 3.63) is 69.5 Å². The average molecular weight is 436 g/mol. The van der Waals surface area contributed by atoms with Crippen LogP contribution in [0.25, 0.3) is 0 Å². The highest BCUT2D eigenvalue weighted by Gasteiger charge is 2.49. The Morgan fingerprint density at radius 3 is 2.60 bits per heavy atom. The van der Waals surface area contributed by atoms with E-state index < -0.39 is 38.0 Å². The van der Waals surface area contributed by atoms with Gasteiger partial charge in [-0.1, -0.05) is 38.8 Å². The summed E-state index contributed by atoms with van der Waals surface area (Å²) in [6, 6.07) is 9.25. The summed E-state index contributed by atoms with van der Waals surface area (Å²) in [6.07, 6.45) is 1.32. The van der Waals surface area contributed by atoms with Crippen LogP contribution in [0, 0.1) is 21.3 Å². The van der Waals surface area contributed by atoms with Gasteiger partial charge < -0.3 is 5.11 Å². The van der Waals surface area contributed by atoms with Crippen LogP contribution in [0.4, 0.5) is 10.1 Å². The van der Waals surface area contributed by atoms with Crippen molar-refractivity contribution in [2.75, 3.05) is 5.75 Å². The molecule has 1 N–H and O–H groups in total. The van der Waals surface area contributed by atoms with Gasteiger partial charge in [0.05, 0.1) is 21.7 Å². The molecule has 3 atom stereocenters. The fraction of sp³-hybridized carbons (Fsp3) is 0.455. The predicted octanol–water partition coefficient (Wildman–Crippen LogP) is 4.60. The molecule has 0 saturated heterocycles. The van der Waals surface area contributed by atoms with Crippen LogP contribution in [-0.4, -0.2) is 30.3 Å². The maximum absolute atomic E-state index is 14.2. The van der Waals surface area contributed by atoms with E-state index in [1.807, 2.05) is 13.8 Å². The first-order valence-electron chi connectivity index (χ1n) is 10.1. The lowest BCUT2D eigenvalue weighted by Crippen LogP contribution is -2.42. The van der Waals surface area contributed by atoms with Crippen molar-refractivity contribution in [3.63, 3.8) is 0 Å². The van der Waals surface area contributed by atoms with Gasteiger partial charge in [0.15, 0.2) is 9.84 Å². The van der Waals surface area contributed by atoms with E-state index in [-0.39, 0.29) is 21.9 Å². The summed E-state index contributed by atoms with van der Waals surface area (Å²) in [4.78, 5) is 10.7. The molecule has 1 aliphatic rings. The van der Waals surface area contributed by atoms with E-state index in [1.54, 1.807) is 6.07 Å². The molecule has 2 aromatic carbocycles. The van der Waals surface area contributed by atoms with E-state index in [4.69, 9.17) is 0 Å². The van der Waals surface area contributed by atoms with E-state index in [9.17, 15) is 28.0 Å². The first kappa shape index (κ1) is 22.4. The van der Waals surface area contributed by atoms with Crippen LogP contribution in [-0.2, 0) is 9.84 Å². The molecule has 1 aliphatic heterocycles. The quantitative estimate of drug-likeness (QED) is 0.406. The molecule has 0 spiro atoms. The Hall–Kier alpha value is -2.32. The lowest BCUT2D eigenvalue weighted by molar-refractivity contribution is -0.384. The second kappa shape index (κ2) is 8.43. The molecule has 2 aromatic rings. The van der Waals surface area contributed by atoms with Crippen molar-refractivity contribution in [1.29, 1.82) is 0 Å². The maximum atomic E-state index is 14.2. The molecule has 0 amide bonds. The van der Waals surface area contributed by atoms with Gasteiger partial charge in [0.1, 0.15) is 5.82 Å². The van der Waals surface area contributed by atoms with E-state index in [1.165, 1.54) is 24.3 Å². The first-order valence-corrected chi connectivity index (χ1v) is 11.7. The summed E-state index contributed by atoms with van der Waals surface area (Å²) in [5, 5.41) is 22.9. The second-order valence-corrected chi connectivity index (χ2v) is 9.99. The number of sulfone groups is 1. The number of unbranched alkanes of at least 4 members (excludes halogenated alkanes) is 1. The number of nitro benzene ring substituents is 1. The molecule has 0 saturated carbocycles. The van der Waals surface area contributed by atoms with Crippen LogP contribution in [0.15, 0.2) is 47.4 Å². The number of nitro groups is 1. The molecular weight excluding hydrogens is 409 g/mol. The Morgan fingerprint density at radius 2 is 1.97 bits per heavy atom. The molecule has 0 aliphatic carbocycles. The molecule has 3 rings (SSSR count). The summed E-state index contributed by atoms with van der Waals surface area (Å²) < 4.78 is 40.8. The molecule has 30 heavy (non-hydrogen) atoms. The number of aliphatic hydroxyl groups is 1. The molecule has 0 aromatic heterocycles. The number of nitrogens with zero attached hydrogens (tertiary/aromatic N) is 1. The number of rotatable bonds is 6. The van der Waals surface area contributed by atoms with Crippen LogP contribution >= 0.6 is 0 Å². The van der Waals surface area contributed by atoms with Crippen molar-refractivity contribution < 1.29 is 22.8 Å². The van der Waals surface area contributed by atoms with Crippen molar-refractivity contribution in [1.82, 2.24) is 0 Å². The van der Waals surface area contributed by atoms with Gasteiger partial charge in [-0.25, -0.2) is 12.8 Å².